The zero-order chi connectivity index (χ0) is 18.8. The smallest absolute Gasteiger partial charge is 0.328 e. The molecule has 2 aromatic rings. The highest BCUT2D eigenvalue weighted by molar-refractivity contribution is 6.32. The molecule has 0 radical (unpaired) electrons. The summed E-state index contributed by atoms with van der Waals surface area (Å²) in [6, 6.07) is 4.36. The van der Waals surface area contributed by atoms with Crippen molar-refractivity contribution >= 4 is 23.3 Å². The first-order valence-corrected chi connectivity index (χ1v) is 7.95. The number of halogens is 4. The molecule has 0 fully saturated rings. The fourth-order valence-corrected chi connectivity index (χ4v) is 2.39. The van der Waals surface area contributed by atoms with E-state index in [1.165, 1.54) is 4.68 Å². The monoisotopic (exact) mass is 374 g/mol. The number of nitrogens with zero attached hydrogens (tertiary/aromatic N) is 2. The van der Waals surface area contributed by atoms with Gasteiger partial charge in [-0.2, -0.15) is 18.3 Å². The lowest BCUT2D eigenvalue weighted by atomic mass is 10.2. The van der Waals surface area contributed by atoms with Gasteiger partial charge in [0.25, 0.3) is 0 Å². The Bertz CT molecular complexity index is 771. The highest BCUT2D eigenvalue weighted by Gasteiger charge is 2.31. The van der Waals surface area contributed by atoms with E-state index < -0.39 is 11.7 Å². The van der Waals surface area contributed by atoms with Crippen LogP contribution in [0.25, 0.3) is 5.69 Å². The van der Waals surface area contributed by atoms with Crippen LogP contribution >= 0.6 is 11.6 Å². The Morgan fingerprint density at radius 1 is 1.40 bits per heavy atom. The number of hydrogen-bond donors (Lipinski definition) is 2. The van der Waals surface area contributed by atoms with Crippen molar-refractivity contribution in [1.29, 1.82) is 0 Å². The number of rotatable bonds is 5. The molecule has 3 N–H and O–H groups in total. The predicted molar refractivity (Wildman–Crippen MR) is 89.8 cm³/mol. The third-order valence-corrected chi connectivity index (χ3v) is 3.75. The van der Waals surface area contributed by atoms with Gasteiger partial charge in [-0.05, 0) is 38.5 Å². The minimum atomic E-state index is -4.51. The van der Waals surface area contributed by atoms with E-state index in [1.54, 1.807) is 19.9 Å². The van der Waals surface area contributed by atoms with Crippen molar-refractivity contribution in [3.63, 3.8) is 0 Å². The van der Waals surface area contributed by atoms with Crippen LogP contribution in [0, 0.1) is 6.92 Å². The van der Waals surface area contributed by atoms with Crippen LogP contribution in [0.3, 0.4) is 0 Å². The average molecular weight is 375 g/mol. The molecule has 25 heavy (non-hydrogen) atoms. The second-order valence-electron chi connectivity index (χ2n) is 5.81. The summed E-state index contributed by atoms with van der Waals surface area (Å²) in [5.74, 6) is -0.0602. The van der Waals surface area contributed by atoms with Gasteiger partial charge in [-0.3, -0.25) is 4.79 Å². The summed E-state index contributed by atoms with van der Waals surface area (Å²) in [7, 11) is 0. The molecule has 1 aromatic carbocycles. The highest BCUT2D eigenvalue weighted by Crippen LogP contribution is 2.34. The van der Waals surface area contributed by atoms with Crippen molar-refractivity contribution in [2.24, 2.45) is 5.73 Å². The third-order valence-electron chi connectivity index (χ3n) is 3.43. The molecule has 5 nitrogen and oxygen atoms in total. The Morgan fingerprint density at radius 3 is 2.68 bits per heavy atom. The molecule has 0 aliphatic heterocycles. The van der Waals surface area contributed by atoms with E-state index in [9.17, 15) is 18.0 Å². The Morgan fingerprint density at radius 2 is 2.08 bits per heavy atom. The van der Waals surface area contributed by atoms with Crippen molar-refractivity contribution in [3.05, 3.63) is 40.5 Å². The van der Waals surface area contributed by atoms with E-state index in [4.69, 9.17) is 17.3 Å². The van der Waals surface area contributed by atoms with E-state index >= 15 is 0 Å². The Balaban J connectivity index is 2.36. The van der Waals surface area contributed by atoms with Crippen molar-refractivity contribution in [2.45, 2.75) is 38.9 Å². The molecule has 1 atom stereocenters. The van der Waals surface area contributed by atoms with Gasteiger partial charge in [-0.25, -0.2) is 4.68 Å². The van der Waals surface area contributed by atoms with Crippen LogP contribution in [-0.4, -0.2) is 21.7 Å². The molecule has 0 bridgehead atoms. The summed E-state index contributed by atoms with van der Waals surface area (Å²) in [4.78, 5) is 12.0. The second-order valence-corrected chi connectivity index (χ2v) is 6.22. The number of nitrogens with two attached hydrogens (primary N) is 1. The lowest BCUT2D eigenvalue weighted by Gasteiger charge is -2.13. The van der Waals surface area contributed by atoms with Crippen LogP contribution in [0.2, 0.25) is 5.02 Å². The van der Waals surface area contributed by atoms with Gasteiger partial charge in [0, 0.05) is 18.5 Å². The van der Waals surface area contributed by atoms with Crippen LogP contribution in [0.4, 0.5) is 19.0 Å². The largest absolute Gasteiger partial charge is 0.416 e. The number of anilines is 1. The van der Waals surface area contributed by atoms with Gasteiger partial charge >= 0.3 is 6.18 Å². The topological polar surface area (TPSA) is 72.9 Å². The Hall–Kier alpha value is -2.06. The minimum Gasteiger partial charge on any atom is -0.328 e. The summed E-state index contributed by atoms with van der Waals surface area (Å²) in [5, 5.41) is 6.86. The van der Waals surface area contributed by atoms with Crippen LogP contribution < -0.4 is 11.1 Å². The first-order chi connectivity index (χ1) is 11.6. The van der Waals surface area contributed by atoms with Gasteiger partial charge in [0.05, 0.1) is 22.0 Å². The number of nitrogens with one attached hydrogen (secondary N) is 1. The number of benzene rings is 1. The molecule has 1 amide bonds. The van der Waals surface area contributed by atoms with Crippen molar-refractivity contribution < 1.29 is 18.0 Å². The van der Waals surface area contributed by atoms with E-state index in [0.29, 0.717) is 12.1 Å². The normalized spacial score (nSPS) is 12.9. The van der Waals surface area contributed by atoms with Gasteiger partial charge in [0.1, 0.15) is 5.82 Å². The number of amides is 1. The molecule has 1 heterocycles. The van der Waals surface area contributed by atoms with Crippen LogP contribution in [0.1, 0.15) is 31.0 Å². The molecule has 1 unspecified atom stereocenters. The Labute approximate surface area is 148 Å². The number of aryl methyl sites for hydroxylation is 1. The van der Waals surface area contributed by atoms with Crippen LogP contribution in [0.5, 0.6) is 0 Å². The second kappa shape index (κ2) is 7.45. The summed E-state index contributed by atoms with van der Waals surface area (Å²) < 4.78 is 40.0. The quantitative estimate of drug-likeness (QED) is 0.833. The summed E-state index contributed by atoms with van der Waals surface area (Å²) in [5.41, 5.74) is 5.32. The van der Waals surface area contributed by atoms with Gasteiger partial charge in [-0.15, -0.1) is 0 Å². The van der Waals surface area contributed by atoms with Gasteiger partial charge in [0.15, 0.2) is 0 Å². The molecule has 0 saturated heterocycles. The maximum Gasteiger partial charge on any atom is 0.416 e. The first-order valence-electron chi connectivity index (χ1n) is 7.57. The molecule has 9 heteroatoms. The summed E-state index contributed by atoms with van der Waals surface area (Å²) in [6.07, 6.45) is -3.83. The maximum atomic E-state index is 13.0. The van der Waals surface area contributed by atoms with Crippen molar-refractivity contribution in [1.82, 2.24) is 9.78 Å². The average Bonchev–Trinajstić information content (AvgIpc) is 2.84. The van der Waals surface area contributed by atoms with E-state index in [0.717, 1.165) is 18.2 Å². The van der Waals surface area contributed by atoms with E-state index in [-0.39, 0.29) is 34.9 Å². The number of aromatic nitrogens is 2. The van der Waals surface area contributed by atoms with Gasteiger partial charge < -0.3 is 11.1 Å². The number of hydrogen-bond acceptors (Lipinski definition) is 3. The molecule has 0 saturated carbocycles. The molecular weight excluding hydrogens is 357 g/mol. The number of alkyl halides is 3. The molecular formula is C16H18ClF3N4O. The Kier molecular flexibility index (Phi) is 5.74. The fourth-order valence-electron chi connectivity index (χ4n) is 2.19. The highest BCUT2D eigenvalue weighted by atomic mass is 35.5. The molecule has 0 aliphatic carbocycles. The summed E-state index contributed by atoms with van der Waals surface area (Å²) in [6.45, 7) is 3.44. The van der Waals surface area contributed by atoms with E-state index in [1.807, 2.05) is 0 Å². The van der Waals surface area contributed by atoms with Crippen LogP contribution in [0.15, 0.2) is 24.3 Å². The molecule has 2 rings (SSSR count). The van der Waals surface area contributed by atoms with Crippen molar-refractivity contribution in [3.8, 4) is 5.69 Å². The van der Waals surface area contributed by atoms with Gasteiger partial charge in [0.2, 0.25) is 5.91 Å². The van der Waals surface area contributed by atoms with E-state index in [2.05, 4.69) is 10.4 Å². The van der Waals surface area contributed by atoms with Gasteiger partial charge in [-0.1, -0.05) is 11.6 Å². The molecule has 136 valence electrons. The maximum absolute atomic E-state index is 13.0. The lowest BCUT2D eigenvalue weighted by molar-refractivity contribution is -0.137. The minimum absolute atomic E-state index is 0.0343. The number of carbonyl (C=O) groups excluding carboxylic acids is 1. The number of carbonyl (C=O) groups is 1. The standard InChI is InChI=1S/C16H18ClF3N4O/c1-9(21)3-6-15(25)22-14-7-10(2)23-24(14)13-8-11(16(18,19)20)4-5-12(13)17/h4-5,7-9H,3,6,21H2,1-2H3,(H,22,25). The predicted octanol–water partition coefficient (Wildman–Crippen LogP) is 3.92. The molecule has 0 aliphatic rings. The zero-order valence-electron chi connectivity index (χ0n) is 13.7. The van der Waals surface area contributed by atoms with Crippen LogP contribution in [-0.2, 0) is 11.0 Å². The SMILES string of the molecule is Cc1cc(NC(=O)CCC(C)N)n(-c2cc(C(F)(F)F)ccc2Cl)n1. The molecule has 1 aromatic heterocycles. The first kappa shape index (κ1) is 19.3. The fraction of sp³-hybridized carbons (Fsp3) is 0.375. The van der Waals surface area contributed by atoms with Crippen molar-refractivity contribution in [2.75, 3.05) is 5.32 Å². The summed E-state index contributed by atoms with van der Waals surface area (Å²) >= 11 is 6.04. The zero-order valence-corrected chi connectivity index (χ0v) is 14.4. The lowest BCUT2D eigenvalue weighted by Crippen LogP contribution is -2.20. The molecule has 0 spiro atoms. The third kappa shape index (κ3) is 4.96.